The van der Waals surface area contributed by atoms with Crippen molar-refractivity contribution in [1.82, 2.24) is 5.32 Å². The molecule has 0 heterocycles. The second-order valence-electron chi connectivity index (χ2n) is 5.14. The minimum Gasteiger partial charge on any atom is -0.380 e. The fraction of sp³-hybridized carbons (Fsp3) is 0.600. The molecule has 0 aliphatic carbocycles. The lowest BCUT2D eigenvalue weighted by Gasteiger charge is -2.29. The molecule has 0 radical (unpaired) electrons. The van der Waals surface area contributed by atoms with Gasteiger partial charge in [-0.15, -0.1) is 0 Å². The number of ether oxygens (including phenoxy) is 1. The summed E-state index contributed by atoms with van der Waals surface area (Å²) in [7, 11) is 3.74. The number of methoxy groups -OCH3 is 1. The van der Waals surface area contributed by atoms with Gasteiger partial charge in [0.1, 0.15) is 0 Å². The highest BCUT2D eigenvalue weighted by atomic mass is 35.5. The number of aryl methyl sites for hydroxylation is 1. The maximum Gasteiger partial charge on any atom is 0.0750 e. The highest BCUT2D eigenvalue weighted by Crippen LogP contribution is 2.22. The monoisotopic (exact) mass is 269 g/mol. The van der Waals surface area contributed by atoms with E-state index in [9.17, 15) is 0 Å². The summed E-state index contributed by atoms with van der Waals surface area (Å²) in [5.74, 6) is 0.469. The summed E-state index contributed by atoms with van der Waals surface area (Å²) in [5.41, 5.74) is 2.36. The molecule has 3 heteroatoms. The van der Waals surface area contributed by atoms with Crippen LogP contribution in [-0.4, -0.2) is 26.3 Å². The topological polar surface area (TPSA) is 21.3 Å². The lowest BCUT2D eigenvalue weighted by atomic mass is 9.93. The van der Waals surface area contributed by atoms with Gasteiger partial charge in [0.2, 0.25) is 0 Å². The molecule has 1 aromatic rings. The van der Waals surface area contributed by atoms with E-state index in [0.717, 1.165) is 11.4 Å². The quantitative estimate of drug-likeness (QED) is 0.854. The van der Waals surface area contributed by atoms with E-state index in [4.69, 9.17) is 16.3 Å². The van der Waals surface area contributed by atoms with Gasteiger partial charge in [0, 0.05) is 18.2 Å². The van der Waals surface area contributed by atoms with Crippen molar-refractivity contribution in [3.8, 4) is 0 Å². The van der Waals surface area contributed by atoms with E-state index in [1.807, 2.05) is 13.1 Å². The molecule has 0 bridgehead atoms. The Labute approximate surface area is 116 Å². The molecule has 1 aromatic carbocycles. The summed E-state index contributed by atoms with van der Waals surface area (Å²) in [5, 5.41) is 4.18. The molecule has 0 spiro atoms. The van der Waals surface area contributed by atoms with E-state index in [2.05, 4.69) is 38.2 Å². The summed E-state index contributed by atoms with van der Waals surface area (Å²) in [6, 6.07) is 6.50. The van der Waals surface area contributed by atoms with Gasteiger partial charge >= 0.3 is 0 Å². The van der Waals surface area contributed by atoms with E-state index in [1.54, 1.807) is 7.11 Å². The van der Waals surface area contributed by atoms with Crippen LogP contribution in [0, 0.1) is 12.8 Å². The van der Waals surface area contributed by atoms with Crippen LogP contribution >= 0.6 is 11.6 Å². The number of benzene rings is 1. The van der Waals surface area contributed by atoms with E-state index >= 15 is 0 Å². The number of hydrogen-bond acceptors (Lipinski definition) is 2. The Hall–Kier alpha value is -0.570. The van der Waals surface area contributed by atoms with Crippen molar-refractivity contribution in [3.05, 3.63) is 34.3 Å². The van der Waals surface area contributed by atoms with Crippen LogP contribution in [0.3, 0.4) is 0 Å². The summed E-state index contributed by atoms with van der Waals surface area (Å²) >= 11 is 6.29. The van der Waals surface area contributed by atoms with Crippen molar-refractivity contribution >= 4 is 11.6 Å². The molecule has 2 nitrogen and oxygen atoms in total. The van der Waals surface area contributed by atoms with Crippen LogP contribution in [0.4, 0.5) is 0 Å². The van der Waals surface area contributed by atoms with E-state index in [0.29, 0.717) is 5.92 Å². The zero-order valence-corrected chi connectivity index (χ0v) is 12.7. The van der Waals surface area contributed by atoms with Crippen LogP contribution in [0.1, 0.15) is 25.0 Å². The largest absolute Gasteiger partial charge is 0.380 e. The Morgan fingerprint density at radius 1 is 1.33 bits per heavy atom. The molecule has 0 amide bonds. The molecule has 0 fully saturated rings. The number of halogens is 1. The minimum atomic E-state index is 0.187. The average molecular weight is 270 g/mol. The molecule has 0 saturated carbocycles. The fourth-order valence-corrected chi connectivity index (χ4v) is 2.65. The Bertz CT molecular complexity index is 379. The Kier molecular flexibility index (Phi) is 6.13. The first-order valence-corrected chi connectivity index (χ1v) is 6.82. The van der Waals surface area contributed by atoms with Crippen molar-refractivity contribution in [1.29, 1.82) is 0 Å². The number of rotatable bonds is 6. The first-order valence-electron chi connectivity index (χ1n) is 6.44. The van der Waals surface area contributed by atoms with Gasteiger partial charge in [0.15, 0.2) is 0 Å². The Morgan fingerprint density at radius 3 is 2.44 bits per heavy atom. The highest BCUT2D eigenvalue weighted by Gasteiger charge is 2.23. The van der Waals surface area contributed by atoms with Gasteiger partial charge in [-0.05, 0) is 43.5 Å². The summed E-state index contributed by atoms with van der Waals surface area (Å²) in [6.45, 7) is 6.40. The second-order valence-corrected chi connectivity index (χ2v) is 5.55. The molecule has 1 N–H and O–H groups in total. The fourth-order valence-electron chi connectivity index (χ4n) is 2.34. The third-order valence-corrected chi connectivity index (χ3v) is 3.70. The van der Waals surface area contributed by atoms with E-state index in [1.165, 1.54) is 11.1 Å². The third kappa shape index (κ3) is 3.98. The maximum atomic E-state index is 6.29. The standard InChI is InChI=1S/C15H24ClNO/c1-10(2)15(18-5)14(17-4)9-12-7-6-11(3)8-13(12)16/h6-8,10,14-15,17H,9H2,1-5H3. The van der Waals surface area contributed by atoms with Gasteiger partial charge in [0.05, 0.1) is 6.10 Å². The zero-order chi connectivity index (χ0) is 13.7. The smallest absolute Gasteiger partial charge is 0.0750 e. The van der Waals surface area contributed by atoms with E-state index in [-0.39, 0.29) is 12.1 Å². The first kappa shape index (κ1) is 15.5. The normalized spacial score (nSPS) is 14.8. The predicted molar refractivity (Wildman–Crippen MR) is 78.4 cm³/mol. The molecule has 18 heavy (non-hydrogen) atoms. The molecule has 0 saturated heterocycles. The molecule has 0 aliphatic rings. The molecule has 102 valence electrons. The predicted octanol–water partition coefficient (Wildman–Crippen LogP) is 3.45. The van der Waals surface area contributed by atoms with Crippen LogP contribution in [0.5, 0.6) is 0 Å². The highest BCUT2D eigenvalue weighted by molar-refractivity contribution is 6.31. The van der Waals surface area contributed by atoms with Gasteiger partial charge in [-0.3, -0.25) is 0 Å². The van der Waals surface area contributed by atoms with Crippen LogP contribution < -0.4 is 5.32 Å². The van der Waals surface area contributed by atoms with E-state index < -0.39 is 0 Å². The summed E-state index contributed by atoms with van der Waals surface area (Å²) < 4.78 is 5.59. The van der Waals surface area contributed by atoms with Crippen LogP contribution in [0.2, 0.25) is 5.02 Å². The average Bonchev–Trinajstić information content (AvgIpc) is 2.31. The lowest BCUT2D eigenvalue weighted by molar-refractivity contribution is 0.0354. The molecule has 0 aliphatic heterocycles. The Balaban J connectivity index is 2.85. The van der Waals surface area contributed by atoms with Crippen LogP contribution in [0.25, 0.3) is 0 Å². The van der Waals surface area contributed by atoms with Gasteiger partial charge in [-0.2, -0.15) is 0 Å². The molecule has 2 atom stereocenters. The zero-order valence-electron chi connectivity index (χ0n) is 12.0. The molecular weight excluding hydrogens is 246 g/mol. The number of hydrogen-bond donors (Lipinski definition) is 1. The maximum absolute atomic E-state index is 6.29. The minimum absolute atomic E-state index is 0.187. The lowest BCUT2D eigenvalue weighted by Crippen LogP contribution is -2.43. The van der Waals surface area contributed by atoms with Gasteiger partial charge in [0.25, 0.3) is 0 Å². The summed E-state index contributed by atoms with van der Waals surface area (Å²) in [4.78, 5) is 0. The van der Waals surface area contributed by atoms with Crippen LogP contribution in [-0.2, 0) is 11.2 Å². The van der Waals surface area contributed by atoms with Crippen molar-refractivity contribution in [2.75, 3.05) is 14.2 Å². The van der Waals surface area contributed by atoms with Gasteiger partial charge in [-0.25, -0.2) is 0 Å². The number of nitrogens with one attached hydrogen (secondary N) is 1. The molecule has 1 rings (SSSR count). The van der Waals surface area contributed by atoms with Crippen molar-refractivity contribution in [2.45, 2.75) is 39.3 Å². The second kappa shape index (κ2) is 7.13. The first-order chi connectivity index (χ1) is 8.49. The SMILES string of the molecule is CNC(Cc1ccc(C)cc1Cl)C(OC)C(C)C. The molecular formula is C15H24ClNO. The van der Waals surface area contributed by atoms with Crippen molar-refractivity contribution in [3.63, 3.8) is 0 Å². The molecule has 2 unspecified atom stereocenters. The Morgan fingerprint density at radius 2 is 2.00 bits per heavy atom. The van der Waals surface area contributed by atoms with Crippen LogP contribution in [0.15, 0.2) is 18.2 Å². The van der Waals surface area contributed by atoms with Gasteiger partial charge < -0.3 is 10.1 Å². The molecule has 0 aromatic heterocycles. The third-order valence-electron chi connectivity index (χ3n) is 3.34. The summed E-state index contributed by atoms with van der Waals surface area (Å²) in [6.07, 6.45) is 1.07. The van der Waals surface area contributed by atoms with Gasteiger partial charge in [-0.1, -0.05) is 37.6 Å². The van der Waals surface area contributed by atoms with Crippen molar-refractivity contribution in [2.24, 2.45) is 5.92 Å². The van der Waals surface area contributed by atoms with Crippen molar-refractivity contribution < 1.29 is 4.74 Å². The number of likely N-dealkylation sites (N-methyl/N-ethyl adjacent to an activating group) is 1.